The fourth-order valence-electron chi connectivity index (χ4n) is 3.15. The molecule has 3 aromatic rings. The molecule has 172 valence electrons. The van der Waals surface area contributed by atoms with E-state index < -0.39 is 0 Å². The summed E-state index contributed by atoms with van der Waals surface area (Å²) in [6.45, 7) is 4.55. The summed E-state index contributed by atoms with van der Waals surface area (Å²) in [5, 5.41) is 11.2. The first-order valence-electron chi connectivity index (χ1n) is 10.4. The molecule has 0 bridgehead atoms. The standard InChI is InChI=1S/C24H31N5OS.HI/c1-19(18-31-23-12-7-6-11-22(23)30-3)15-26-24(25-2)27-16-20-9-4-5-10-21(20)17-29-14-8-13-28-29;/h4-14,19H,15-18H2,1-3H3,(H2,25,26,27);1H. The van der Waals surface area contributed by atoms with Gasteiger partial charge in [-0.05, 0) is 35.2 Å². The van der Waals surface area contributed by atoms with Crippen LogP contribution in [-0.2, 0) is 13.1 Å². The van der Waals surface area contributed by atoms with Crippen LogP contribution in [0.25, 0.3) is 0 Å². The summed E-state index contributed by atoms with van der Waals surface area (Å²) in [7, 11) is 3.52. The molecule has 0 saturated carbocycles. The van der Waals surface area contributed by atoms with E-state index in [2.05, 4.69) is 58.0 Å². The van der Waals surface area contributed by atoms with E-state index in [4.69, 9.17) is 4.74 Å². The second-order valence-electron chi connectivity index (χ2n) is 7.35. The Morgan fingerprint density at radius 2 is 1.84 bits per heavy atom. The van der Waals surface area contributed by atoms with Crippen molar-refractivity contribution < 1.29 is 4.74 Å². The van der Waals surface area contributed by atoms with Crippen LogP contribution >= 0.6 is 35.7 Å². The van der Waals surface area contributed by atoms with Crippen LogP contribution in [-0.4, -0.2) is 42.2 Å². The molecule has 6 nitrogen and oxygen atoms in total. The molecule has 0 fully saturated rings. The number of benzene rings is 2. The van der Waals surface area contributed by atoms with Crippen LogP contribution in [0.1, 0.15) is 18.1 Å². The van der Waals surface area contributed by atoms with Gasteiger partial charge in [0.1, 0.15) is 5.75 Å². The van der Waals surface area contributed by atoms with E-state index in [1.54, 1.807) is 20.4 Å². The first kappa shape index (κ1) is 26.1. The molecule has 0 amide bonds. The second kappa shape index (κ2) is 14.1. The van der Waals surface area contributed by atoms with Gasteiger partial charge in [-0.2, -0.15) is 5.10 Å². The molecule has 0 radical (unpaired) electrons. The highest BCUT2D eigenvalue weighted by molar-refractivity contribution is 14.0. The maximum absolute atomic E-state index is 5.44. The van der Waals surface area contributed by atoms with Crippen molar-refractivity contribution in [2.75, 3.05) is 26.5 Å². The van der Waals surface area contributed by atoms with Crippen LogP contribution in [0.4, 0.5) is 0 Å². The van der Waals surface area contributed by atoms with E-state index in [9.17, 15) is 0 Å². The molecule has 32 heavy (non-hydrogen) atoms. The second-order valence-corrected chi connectivity index (χ2v) is 8.41. The smallest absolute Gasteiger partial charge is 0.191 e. The van der Waals surface area contributed by atoms with E-state index >= 15 is 0 Å². The number of aliphatic imine (C=N–C) groups is 1. The maximum atomic E-state index is 5.44. The van der Waals surface area contributed by atoms with Gasteiger partial charge in [0.2, 0.25) is 0 Å². The number of nitrogens with one attached hydrogen (secondary N) is 2. The molecule has 0 saturated heterocycles. The average molecular weight is 566 g/mol. The molecule has 0 aliphatic rings. The minimum absolute atomic E-state index is 0. The Kier molecular flexibility index (Phi) is 11.4. The van der Waals surface area contributed by atoms with Gasteiger partial charge in [0.15, 0.2) is 5.96 Å². The molecule has 8 heteroatoms. The summed E-state index contributed by atoms with van der Waals surface area (Å²) < 4.78 is 7.38. The highest BCUT2D eigenvalue weighted by Crippen LogP contribution is 2.29. The van der Waals surface area contributed by atoms with Gasteiger partial charge in [-0.15, -0.1) is 35.7 Å². The van der Waals surface area contributed by atoms with E-state index in [-0.39, 0.29) is 24.0 Å². The number of hydrogen-bond donors (Lipinski definition) is 2. The number of guanidine groups is 1. The lowest BCUT2D eigenvalue weighted by molar-refractivity contribution is 0.405. The summed E-state index contributed by atoms with van der Waals surface area (Å²) in [5.74, 6) is 3.21. The van der Waals surface area contributed by atoms with Crippen molar-refractivity contribution in [3.05, 3.63) is 78.1 Å². The monoisotopic (exact) mass is 565 g/mol. The molecular weight excluding hydrogens is 533 g/mol. The van der Waals surface area contributed by atoms with E-state index in [0.29, 0.717) is 12.5 Å². The molecule has 1 aromatic heterocycles. The van der Waals surface area contributed by atoms with Crippen molar-refractivity contribution in [3.63, 3.8) is 0 Å². The number of nitrogens with zero attached hydrogens (tertiary/aromatic N) is 3. The summed E-state index contributed by atoms with van der Waals surface area (Å²) in [6, 6.07) is 18.5. The van der Waals surface area contributed by atoms with Crippen LogP contribution in [0.15, 0.2) is 76.9 Å². The van der Waals surface area contributed by atoms with Crippen molar-refractivity contribution in [2.45, 2.75) is 24.9 Å². The largest absolute Gasteiger partial charge is 0.496 e. The van der Waals surface area contributed by atoms with Gasteiger partial charge in [-0.1, -0.05) is 43.3 Å². The van der Waals surface area contributed by atoms with Crippen molar-refractivity contribution in [1.29, 1.82) is 0 Å². The predicted molar refractivity (Wildman–Crippen MR) is 144 cm³/mol. The molecule has 2 N–H and O–H groups in total. The summed E-state index contributed by atoms with van der Waals surface area (Å²) in [5.41, 5.74) is 2.48. The number of ether oxygens (including phenoxy) is 1. The molecule has 1 heterocycles. The number of thioether (sulfide) groups is 1. The van der Waals surface area contributed by atoms with Gasteiger partial charge in [0.25, 0.3) is 0 Å². The van der Waals surface area contributed by atoms with Gasteiger partial charge in [0, 0.05) is 43.2 Å². The minimum atomic E-state index is 0. The summed E-state index contributed by atoms with van der Waals surface area (Å²) >= 11 is 1.82. The first-order valence-corrected chi connectivity index (χ1v) is 11.4. The van der Waals surface area contributed by atoms with E-state index in [1.807, 2.05) is 46.9 Å². The van der Waals surface area contributed by atoms with Gasteiger partial charge in [-0.25, -0.2) is 0 Å². The van der Waals surface area contributed by atoms with Crippen LogP contribution in [0.2, 0.25) is 0 Å². The third-order valence-corrected chi connectivity index (χ3v) is 6.27. The summed E-state index contributed by atoms with van der Waals surface area (Å²) in [6.07, 6.45) is 3.79. The Labute approximate surface area is 212 Å². The zero-order valence-corrected chi connectivity index (χ0v) is 22.0. The molecule has 0 aliphatic carbocycles. The van der Waals surface area contributed by atoms with Gasteiger partial charge in [0.05, 0.1) is 13.7 Å². The Hall–Kier alpha value is -2.20. The normalized spacial score (nSPS) is 12.0. The molecule has 1 atom stereocenters. The van der Waals surface area contributed by atoms with Crippen LogP contribution in [0.5, 0.6) is 5.75 Å². The molecule has 3 rings (SSSR count). The lowest BCUT2D eigenvalue weighted by atomic mass is 10.1. The number of hydrogen-bond acceptors (Lipinski definition) is 4. The maximum Gasteiger partial charge on any atom is 0.191 e. The number of methoxy groups -OCH3 is 1. The SMILES string of the molecule is CN=C(NCc1ccccc1Cn1cccn1)NCC(C)CSc1ccccc1OC.I. The molecule has 0 aliphatic heterocycles. The fourth-order valence-corrected chi connectivity index (χ4v) is 4.20. The topological polar surface area (TPSA) is 63.5 Å². The molecule has 1 unspecified atom stereocenters. The fraction of sp³-hybridized carbons (Fsp3) is 0.333. The van der Waals surface area contributed by atoms with E-state index in [1.165, 1.54) is 16.0 Å². The molecule has 0 spiro atoms. The lowest BCUT2D eigenvalue weighted by Crippen LogP contribution is -2.39. The van der Waals surface area contributed by atoms with Crippen LogP contribution in [0.3, 0.4) is 0 Å². The van der Waals surface area contributed by atoms with Crippen molar-refractivity contribution >= 4 is 41.7 Å². The third kappa shape index (κ3) is 8.05. The number of rotatable bonds is 10. The number of aromatic nitrogens is 2. The van der Waals surface area contributed by atoms with Crippen molar-refractivity contribution in [3.8, 4) is 5.75 Å². The molecular formula is C24H32IN5OS. The van der Waals surface area contributed by atoms with Gasteiger partial charge < -0.3 is 15.4 Å². The quantitative estimate of drug-likeness (QED) is 0.162. The Balaban J connectivity index is 0.00000363. The third-order valence-electron chi connectivity index (χ3n) is 4.89. The zero-order valence-electron chi connectivity index (χ0n) is 18.8. The minimum Gasteiger partial charge on any atom is -0.496 e. The van der Waals surface area contributed by atoms with Crippen LogP contribution in [0, 0.1) is 5.92 Å². The van der Waals surface area contributed by atoms with Crippen molar-refractivity contribution in [1.82, 2.24) is 20.4 Å². The van der Waals surface area contributed by atoms with Crippen molar-refractivity contribution in [2.24, 2.45) is 10.9 Å². The average Bonchev–Trinajstić information content (AvgIpc) is 3.32. The number of para-hydroxylation sites is 1. The molecule has 2 aromatic carbocycles. The Bertz CT molecular complexity index is 965. The predicted octanol–water partition coefficient (Wildman–Crippen LogP) is 4.65. The van der Waals surface area contributed by atoms with Crippen LogP contribution < -0.4 is 15.4 Å². The number of halogens is 1. The Morgan fingerprint density at radius 1 is 1.09 bits per heavy atom. The van der Waals surface area contributed by atoms with E-state index in [0.717, 1.165) is 30.6 Å². The summed E-state index contributed by atoms with van der Waals surface area (Å²) in [4.78, 5) is 5.55. The zero-order chi connectivity index (χ0) is 21.9. The highest BCUT2D eigenvalue weighted by Gasteiger charge is 2.09. The van der Waals surface area contributed by atoms with Gasteiger partial charge in [-0.3, -0.25) is 9.67 Å². The highest BCUT2D eigenvalue weighted by atomic mass is 127. The Morgan fingerprint density at radius 3 is 2.56 bits per heavy atom. The first-order chi connectivity index (χ1) is 15.2. The van der Waals surface area contributed by atoms with Gasteiger partial charge >= 0.3 is 0 Å². The lowest BCUT2D eigenvalue weighted by Gasteiger charge is -2.17.